The Morgan fingerprint density at radius 2 is 2.10 bits per heavy atom. The summed E-state index contributed by atoms with van der Waals surface area (Å²) in [6.45, 7) is 1.40. The third-order valence-electron chi connectivity index (χ3n) is 3.32. The second-order valence-corrected chi connectivity index (χ2v) is 8.27. The lowest BCUT2D eigenvalue weighted by molar-refractivity contribution is -0.141. The Morgan fingerprint density at radius 1 is 1.34 bits per heavy atom. The summed E-state index contributed by atoms with van der Waals surface area (Å²) in [6, 6.07) is 6.91. The van der Waals surface area contributed by atoms with Gasteiger partial charge in [0.05, 0.1) is 10.7 Å². The van der Waals surface area contributed by atoms with Crippen LogP contribution in [-0.4, -0.2) is 38.2 Å². The molecule has 0 saturated carbocycles. The van der Waals surface area contributed by atoms with Crippen LogP contribution in [0.3, 0.4) is 0 Å². The highest BCUT2D eigenvalue weighted by atomic mass is 35.5. The smallest absolute Gasteiger partial charge is 0.435 e. The van der Waals surface area contributed by atoms with Gasteiger partial charge >= 0.3 is 6.18 Å². The number of para-hydroxylation sites is 1. The Hall–Kier alpha value is -2.31. The Balaban J connectivity index is 1.76. The first kappa shape index (κ1) is 21.4. The Bertz CT molecular complexity index is 1010. The van der Waals surface area contributed by atoms with Gasteiger partial charge in [-0.25, -0.2) is 0 Å². The van der Waals surface area contributed by atoms with E-state index >= 15 is 0 Å². The number of rotatable bonds is 7. The lowest BCUT2D eigenvalue weighted by Gasteiger charge is -2.10. The summed E-state index contributed by atoms with van der Waals surface area (Å²) in [5, 5.41) is 14.2. The van der Waals surface area contributed by atoms with Crippen molar-refractivity contribution in [2.75, 3.05) is 17.7 Å². The second kappa shape index (κ2) is 9.01. The molecule has 0 saturated heterocycles. The summed E-state index contributed by atoms with van der Waals surface area (Å²) < 4.78 is 46.2. The molecule has 3 rings (SSSR count). The zero-order chi connectivity index (χ0) is 21.0. The molecule has 2 heterocycles. The molecule has 0 aliphatic heterocycles. The predicted octanol–water partition coefficient (Wildman–Crippen LogP) is 4.53. The summed E-state index contributed by atoms with van der Waals surface area (Å²) >= 11 is 8.72. The minimum atomic E-state index is -4.69. The number of carbonyl (C=O) groups is 1. The number of anilines is 1. The van der Waals surface area contributed by atoms with Crippen LogP contribution in [0.25, 0.3) is 5.69 Å². The van der Waals surface area contributed by atoms with Crippen molar-refractivity contribution >= 4 is 45.7 Å². The van der Waals surface area contributed by atoms with Crippen LogP contribution in [0.5, 0.6) is 5.88 Å². The predicted molar refractivity (Wildman–Crippen MR) is 104 cm³/mol. The molecule has 0 radical (unpaired) electrons. The molecule has 3 aromatic rings. The number of hydrogen-bond acceptors (Lipinski definition) is 7. The molecule has 1 N–H and O–H groups in total. The number of hydrogen-bond donors (Lipinski definition) is 1. The summed E-state index contributed by atoms with van der Waals surface area (Å²) in [7, 11) is 0. The summed E-state index contributed by atoms with van der Waals surface area (Å²) in [4.78, 5) is 12.1. The third kappa shape index (κ3) is 5.40. The maximum atomic E-state index is 13.1. The number of nitrogens with one attached hydrogen (secondary N) is 1. The van der Waals surface area contributed by atoms with Gasteiger partial charge in [0.25, 0.3) is 5.91 Å². The van der Waals surface area contributed by atoms with Crippen LogP contribution in [0, 0.1) is 0 Å². The summed E-state index contributed by atoms with van der Waals surface area (Å²) in [5.41, 5.74) is -0.983. The first-order valence-electron chi connectivity index (χ1n) is 8.09. The van der Waals surface area contributed by atoms with E-state index in [1.165, 1.54) is 35.2 Å². The molecule has 0 spiro atoms. The third-order valence-corrected chi connectivity index (χ3v) is 5.49. The molecule has 0 aliphatic carbocycles. The maximum absolute atomic E-state index is 13.1. The van der Waals surface area contributed by atoms with Gasteiger partial charge in [-0.2, -0.15) is 23.0 Å². The van der Waals surface area contributed by atoms with Crippen LogP contribution in [0.1, 0.15) is 12.6 Å². The molecular formula is C16H13ClF3N5O2S2. The number of alkyl halides is 3. The van der Waals surface area contributed by atoms with Gasteiger partial charge in [0.2, 0.25) is 11.0 Å². The quantitative estimate of drug-likeness (QED) is 0.409. The lowest BCUT2D eigenvalue weighted by Crippen LogP contribution is -2.21. The number of aromatic nitrogens is 4. The lowest BCUT2D eigenvalue weighted by atomic mass is 10.3. The van der Waals surface area contributed by atoms with Crippen LogP contribution in [-0.2, 0) is 11.0 Å². The zero-order valence-electron chi connectivity index (χ0n) is 14.7. The Labute approximate surface area is 176 Å². The molecular weight excluding hydrogens is 451 g/mol. The van der Waals surface area contributed by atoms with Gasteiger partial charge in [-0.1, -0.05) is 53.8 Å². The van der Waals surface area contributed by atoms with E-state index in [2.05, 4.69) is 20.6 Å². The second-order valence-electron chi connectivity index (χ2n) is 5.37. The van der Waals surface area contributed by atoms with Crippen molar-refractivity contribution in [1.29, 1.82) is 0 Å². The molecule has 13 heteroatoms. The number of carbonyl (C=O) groups excluding carboxylic acids is 1. The number of ether oxygens (including phenoxy) is 1. The monoisotopic (exact) mass is 463 g/mol. The molecule has 154 valence electrons. The van der Waals surface area contributed by atoms with Gasteiger partial charge < -0.3 is 4.74 Å². The van der Waals surface area contributed by atoms with E-state index in [1.807, 2.05) is 6.92 Å². The fourth-order valence-corrected chi connectivity index (χ4v) is 4.02. The maximum Gasteiger partial charge on any atom is 0.435 e. The molecule has 2 aromatic heterocycles. The minimum Gasteiger partial charge on any atom is -0.467 e. The van der Waals surface area contributed by atoms with Crippen molar-refractivity contribution < 1.29 is 22.7 Å². The average Bonchev–Trinajstić information content (AvgIpc) is 3.27. The van der Waals surface area contributed by atoms with E-state index in [-0.39, 0.29) is 21.7 Å². The van der Waals surface area contributed by atoms with Crippen molar-refractivity contribution in [3.05, 3.63) is 41.0 Å². The van der Waals surface area contributed by atoms with Crippen molar-refractivity contribution in [3.63, 3.8) is 0 Å². The van der Waals surface area contributed by atoms with E-state index < -0.39 is 24.4 Å². The number of halogens is 4. The van der Waals surface area contributed by atoms with Crippen molar-refractivity contribution in [1.82, 2.24) is 20.0 Å². The SMILES string of the molecule is CCSc1nnc(NC(=O)COc2cc(C(F)(F)F)nn2-c2ccccc2Cl)s1. The van der Waals surface area contributed by atoms with Gasteiger partial charge in [-0.3, -0.25) is 10.1 Å². The van der Waals surface area contributed by atoms with Crippen molar-refractivity contribution in [2.45, 2.75) is 17.4 Å². The summed E-state index contributed by atoms with van der Waals surface area (Å²) in [6.07, 6.45) is -4.69. The zero-order valence-corrected chi connectivity index (χ0v) is 17.1. The van der Waals surface area contributed by atoms with Crippen molar-refractivity contribution in [2.24, 2.45) is 0 Å². The number of benzene rings is 1. The molecule has 0 atom stereocenters. The van der Waals surface area contributed by atoms with E-state index in [4.69, 9.17) is 16.3 Å². The molecule has 0 bridgehead atoms. The van der Waals surface area contributed by atoms with E-state index in [0.717, 1.165) is 10.4 Å². The first-order valence-corrected chi connectivity index (χ1v) is 10.3. The molecule has 0 fully saturated rings. The van der Waals surface area contributed by atoms with E-state index in [0.29, 0.717) is 10.4 Å². The van der Waals surface area contributed by atoms with E-state index in [1.54, 1.807) is 12.1 Å². The van der Waals surface area contributed by atoms with Crippen LogP contribution < -0.4 is 10.1 Å². The van der Waals surface area contributed by atoms with Crippen LogP contribution >= 0.6 is 34.7 Å². The molecule has 1 amide bonds. The van der Waals surface area contributed by atoms with Gasteiger partial charge in [0, 0.05) is 6.07 Å². The highest BCUT2D eigenvalue weighted by molar-refractivity contribution is 8.01. The van der Waals surface area contributed by atoms with Crippen LogP contribution in [0.2, 0.25) is 5.02 Å². The summed E-state index contributed by atoms with van der Waals surface area (Å²) in [5.74, 6) is -0.0751. The minimum absolute atomic E-state index is 0.174. The highest BCUT2D eigenvalue weighted by Crippen LogP contribution is 2.33. The Morgan fingerprint density at radius 3 is 2.79 bits per heavy atom. The standard InChI is InChI=1S/C16H13ClF3N5O2S2/c1-2-28-15-23-22-14(29-15)21-12(26)8-27-13-7-11(16(18,19)20)24-25(13)10-6-4-3-5-9(10)17/h3-7H,2,8H2,1H3,(H,21,22,26). The van der Waals surface area contributed by atoms with Crippen LogP contribution in [0.4, 0.5) is 18.3 Å². The fraction of sp³-hybridized carbons (Fsp3) is 0.250. The largest absolute Gasteiger partial charge is 0.467 e. The molecule has 0 aliphatic rings. The first-order chi connectivity index (χ1) is 13.8. The molecule has 7 nitrogen and oxygen atoms in total. The van der Waals surface area contributed by atoms with Gasteiger partial charge in [0.15, 0.2) is 16.6 Å². The number of thioether (sulfide) groups is 1. The van der Waals surface area contributed by atoms with Gasteiger partial charge in [-0.05, 0) is 17.9 Å². The fourth-order valence-electron chi connectivity index (χ4n) is 2.14. The average molecular weight is 464 g/mol. The molecule has 1 aromatic carbocycles. The number of nitrogens with zero attached hydrogens (tertiary/aromatic N) is 4. The van der Waals surface area contributed by atoms with Gasteiger partial charge in [0.1, 0.15) is 0 Å². The van der Waals surface area contributed by atoms with E-state index in [9.17, 15) is 18.0 Å². The Kier molecular flexibility index (Phi) is 6.65. The molecule has 0 unspecified atom stereocenters. The topological polar surface area (TPSA) is 81.9 Å². The normalized spacial score (nSPS) is 11.5. The van der Waals surface area contributed by atoms with Crippen molar-refractivity contribution in [3.8, 4) is 11.6 Å². The van der Waals surface area contributed by atoms with Crippen LogP contribution in [0.15, 0.2) is 34.7 Å². The highest BCUT2D eigenvalue weighted by Gasteiger charge is 2.36. The van der Waals surface area contributed by atoms with Gasteiger partial charge in [-0.15, -0.1) is 10.2 Å². The molecule has 29 heavy (non-hydrogen) atoms. The number of amides is 1.